The quantitative estimate of drug-likeness (QED) is 0.742. The van der Waals surface area contributed by atoms with Gasteiger partial charge in [-0.25, -0.2) is 4.52 Å². The van der Waals surface area contributed by atoms with Gasteiger partial charge in [0.1, 0.15) is 11.2 Å². The molecule has 5 nitrogen and oxygen atoms in total. The van der Waals surface area contributed by atoms with E-state index >= 15 is 0 Å². The largest absolute Gasteiger partial charge is 0.336 e. The Morgan fingerprint density at radius 2 is 2.25 bits per heavy atom. The highest BCUT2D eigenvalue weighted by molar-refractivity contribution is 7.10. The summed E-state index contributed by atoms with van der Waals surface area (Å²) in [6, 6.07) is 2.08. The number of imidazole rings is 1. The van der Waals surface area contributed by atoms with Crippen molar-refractivity contribution in [1.82, 2.24) is 19.1 Å². The van der Waals surface area contributed by atoms with Crippen LogP contribution < -0.4 is 0 Å². The van der Waals surface area contributed by atoms with Crippen molar-refractivity contribution >= 4 is 22.9 Å². The van der Waals surface area contributed by atoms with Gasteiger partial charge < -0.3 is 9.47 Å². The Bertz CT molecular complexity index is 767. The zero-order valence-electron chi connectivity index (χ0n) is 11.7. The summed E-state index contributed by atoms with van der Waals surface area (Å²) in [4.78, 5) is 15.5. The van der Waals surface area contributed by atoms with Gasteiger partial charge in [-0.3, -0.25) is 4.79 Å². The number of hydrogen-bond acceptors (Lipinski definition) is 3. The maximum atomic E-state index is 12.6. The van der Waals surface area contributed by atoms with Gasteiger partial charge in [-0.15, -0.1) is 11.3 Å². The van der Waals surface area contributed by atoms with Gasteiger partial charge >= 0.3 is 0 Å². The zero-order chi connectivity index (χ0) is 14.3. The molecule has 3 aromatic rings. The van der Waals surface area contributed by atoms with Crippen LogP contribution >= 0.6 is 11.3 Å². The Morgan fingerprint density at radius 1 is 1.45 bits per heavy atom. The van der Waals surface area contributed by atoms with Gasteiger partial charge in [-0.05, 0) is 23.9 Å². The minimum atomic E-state index is -0.00500. The molecule has 3 aromatic heterocycles. The highest BCUT2D eigenvalue weighted by atomic mass is 32.1. The first-order valence-electron chi connectivity index (χ1n) is 6.35. The molecule has 0 aliphatic heterocycles. The van der Waals surface area contributed by atoms with E-state index in [1.165, 1.54) is 10.4 Å². The number of hydrogen-bond donors (Lipinski definition) is 0. The monoisotopic (exact) mass is 288 g/mol. The molecule has 0 saturated carbocycles. The fourth-order valence-electron chi connectivity index (χ4n) is 2.26. The predicted molar refractivity (Wildman–Crippen MR) is 79.0 cm³/mol. The van der Waals surface area contributed by atoms with Gasteiger partial charge in [0.15, 0.2) is 0 Å². The van der Waals surface area contributed by atoms with Crippen molar-refractivity contribution in [2.24, 2.45) is 7.05 Å². The van der Waals surface area contributed by atoms with E-state index in [9.17, 15) is 4.79 Å². The van der Waals surface area contributed by atoms with Crippen LogP contribution in [0.15, 0.2) is 30.0 Å². The summed E-state index contributed by atoms with van der Waals surface area (Å²) in [5.74, 6) is -0.00500. The Hall–Kier alpha value is -2.08. The zero-order valence-corrected chi connectivity index (χ0v) is 12.5. The number of aryl methyl sites for hydroxylation is 2. The topological polar surface area (TPSA) is 42.5 Å². The van der Waals surface area contributed by atoms with Gasteiger partial charge in [0.2, 0.25) is 0 Å². The number of thiophene rings is 1. The van der Waals surface area contributed by atoms with Crippen molar-refractivity contribution in [2.45, 2.75) is 13.5 Å². The number of aromatic nitrogens is 3. The van der Waals surface area contributed by atoms with Crippen molar-refractivity contribution in [1.29, 1.82) is 0 Å². The summed E-state index contributed by atoms with van der Waals surface area (Å²) in [5, 5.41) is 6.26. The molecule has 104 valence electrons. The summed E-state index contributed by atoms with van der Waals surface area (Å²) in [7, 11) is 3.74. The first-order chi connectivity index (χ1) is 9.58. The molecule has 0 saturated heterocycles. The van der Waals surface area contributed by atoms with Crippen molar-refractivity contribution in [3.05, 3.63) is 46.0 Å². The molecule has 6 heteroatoms. The van der Waals surface area contributed by atoms with E-state index in [4.69, 9.17) is 0 Å². The number of nitrogens with zero attached hydrogens (tertiary/aromatic N) is 4. The molecule has 0 aliphatic carbocycles. The molecular formula is C14H16N4OS. The van der Waals surface area contributed by atoms with Crippen molar-refractivity contribution in [2.75, 3.05) is 7.05 Å². The van der Waals surface area contributed by atoms with Gasteiger partial charge in [0.25, 0.3) is 5.91 Å². The molecule has 3 heterocycles. The number of carbonyl (C=O) groups excluding carboxylic acids is 1. The summed E-state index contributed by atoms with van der Waals surface area (Å²) < 4.78 is 3.63. The van der Waals surface area contributed by atoms with E-state index in [-0.39, 0.29) is 5.91 Å². The lowest BCUT2D eigenvalue weighted by atomic mass is 10.2. The maximum absolute atomic E-state index is 12.6. The highest BCUT2D eigenvalue weighted by Gasteiger charge is 2.19. The molecule has 0 aromatic carbocycles. The molecule has 0 spiro atoms. The summed E-state index contributed by atoms with van der Waals surface area (Å²) >= 11 is 1.68. The van der Waals surface area contributed by atoms with Crippen LogP contribution in [0, 0.1) is 6.92 Å². The van der Waals surface area contributed by atoms with Crippen LogP contribution in [0.25, 0.3) is 5.65 Å². The van der Waals surface area contributed by atoms with Gasteiger partial charge in [-0.1, -0.05) is 0 Å². The minimum absolute atomic E-state index is 0.00500. The van der Waals surface area contributed by atoms with E-state index in [1.807, 2.05) is 31.1 Å². The Morgan fingerprint density at radius 3 is 2.95 bits per heavy atom. The fourth-order valence-corrected chi connectivity index (χ4v) is 3.22. The highest BCUT2D eigenvalue weighted by Crippen LogP contribution is 2.19. The van der Waals surface area contributed by atoms with Crippen molar-refractivity contribution < 1.29 is 4.79 Å². The van der Waals surface area contributed by atoms with Gasteiger partial charge in [0, 0.05) is 31.4 Å². The fraction of sp³-hybridized carbons (Fsp3) is 0.286. The Kier molecular flexibility index (Phi) is 3.10. The van der Waals surface area contributed by atoms with E-state index in [1.54, 1.807) is 26.9 Å². The smallest absolute Gasteiger partial charge is 0.259 e. The first kappa shape index (κ1) is 12.9. The van der Waals surface area contributed by atoms with Crippen molar-refractivity contribution in [3.8, 4) is 0 Å². The van der Waals surface area contributed by atoms with Crippen LogP contribution in [0.5, 0.6) is 0 Å². The van der Waals surface area contributed by atoms with E-state index in [0.29, 0.717) is 12.1 Å². The minimum Gasteiger partial charge on any atom is -0.336 e. The molecule has 3 rings (SSSR count). The molecule has 0 aliphatic rings. The van der Waals surface area contributed by atoms with E-state index < -0.39 is 0 Å². The molecule has 0 unspecified atom stereocenters. The van der Waals surface area contributed by atoms with Crippen LogP contribution in [-0.2, 0) is 13.6 Å². The normalized spacial score (nSPS) is 11.2. The second-order valence-electron chi connectivity index (χ2n) is 4.92. The van der Waals surface area contributed by atoms with Crippen molar-refractivity contribution in [3.63, 3.8) is 0 Å². The second-order valence-corrected chi connectivity index (χ2v) is 5.92. The molecule has 0 atom stereocenters. The lowest BCUT2D eigenvalue weighted by Crippen LogP contribution is -2.26. The lowest BCUT2D eigenvalue weighted by Gasteiger charge is -2.16. The molecule has 1 amide bonds. The predicted octanol–water partition coefficient (Wildman–Crippen LogP) is 2.31. The Balaban J connectivity index is 1.88. The van der Waals surface area contributed by atoms with Crippen LogP contribution in [-0.4, -0.2) is 32.0 Å². The number of rotatable bonds is 3. The maximum Gasteiger partial charge on any atom is 0.259 e. The molecular weight excluding hydrogens is 272 g/mol. The van der Waals surface area contributed by atoms with Crippen LogP contribution in [0.1, 0.15) is 20.8 Å². The summed E-state index contributed by atoms with van der Waals surface area (Å²) in [5.41, 5.74) is 2.69. The average molecular weight is 288 g/mol. The molecule has 0 fully saturated rings. The summed E-state index contributed by atoms with van der Waals surface area (Å²) in [6.07, 6.45) is 5.37. The average Bonchev–Trinajstić information content (AvgIpc) is 3.09. The molecule has 0 bridgehead atoms. The molecule has 0 radical (unpaired) electrons. The van der Waals surface area contributed by atoms with Crippen LogP contribution in [0.4, 0.5) is 0 Å². The van der Waals surface area contributed by atoms with Gasteiger partial charge in [0.05, 0.1) is 12.7 Å². The third-order valence-electron chi connectivity index (χ3n) is 3.46. The number of carbonyl (C=O) groups is 1. The van der Waals surface area contributed by atoms with E-state index in [0.717, 1.165) is 5.65 Å². The number of amides is 1. The summed E-state index contributed by atoms with van der Waals surface area (Å²) in [6.45, 7) is 2.70. The number of fused-ring (bicyclic) bond motifs is 1. The Labute approximate surface area is 121 Å². The van der Waals surface area contributed by atoms with Crippen LogP contribution in [0.3, 0.4) is 0 Å². The lowest BCUT2D eigenvalue weighted by molar-refractivity contribution is 0.0788. The van der Waals surface area contributed by atoms with Crippen LogP contribution in [0.2, 0.25) is 0 Å². The van der Waals surface area contributed by atoms with E-state index in [2.05, 4.69) is 23.5 Å². The second kappa shape index (κ2) is 4.79. The SMILES string of the molecule is Cc1ccsc1CN(C)C(=O)c1cnn2ccn(C)c12. The molecule has 0 N–H and O–H groups in total. The third kappa shape index (κ3) is 2.02. The third-order valence-corrected chi connectivity index (χ3v) is 4.47. The first-order valence-corrected chi connectivity index (χ1v) is 7.23. The molecule has 20 heavy (non-hydrogen) atoms. The standard InChI is InChI=1S/C14H16N4OS/c1-10-4-7-20-12(10)9-17(3)14(19)11-8-15-18-6-5-16(2)13(11)18/h4-8H,9H2,1-3H3. The van der Waals surface area contributed by atoms with Gasteiger partial charge in [-0.2, -0.15) is 5.10 Å².